The SMILES string of the molecule is CCSC(c1nnc(-c2ccc(OCCCCN3CCCC3)cc2)o1)c1ccccc1O. The molecule has 0 saturated carbocycles. The largest absolute Gasteiger partial charge is 0.508 e. The van der Waals surface area contributed by atoms with Gasteiger partial charge < -0.3 is 19.2 Å². The molecule has 1 unspecified atom stereocenters. The number of benzene rings is 2. The molecule has 1 atom stereocenters. The van der Waals surface area contributed by atoms with Crippen molar-refractivity contribution in [3.63, 3.8) is 0 Å². The molecule has 0 radical (unpaired) electrons. The van der Waals surface area contributed by atoms with Gasteiger partial charge in [0.25, 0.3) is 0 Å². The third kappa shape index (κ3) is 5.84. The molecule has 0 bridgehead atoms. The maximum absolute atomic E-state index is 10.3. The molecule has 7 heteroatoms. The second kappa shape index (κ2) is 11.4. The Labute approximate surface area is 194 Å². The minimum atomic E-state index is -0.203. The first kappa shape index (κ1) is 22.7. The van der Waals surface area contributed by atoms with Crippen molar-refractivity contribution in [3.8, 4) is 23.0 Å². The van der Waals surface area contributed by atoms with Gasteiger partial charge in [0.2, 0.25) is 11.8 Å². The van der Waals surface area contributed by atoms with Gasteiger partial charge in [0, 0.05) is 11.1 Å². The Morgan fingerprint density at radius 1 is 1.06 bits per heavy atom. The molecule has 1 aromatic heterocycles. The van der Waals surface area contributed by atoms with Crippen molar-refractivity contribution < 1.29 is 14.3 Å². The zero-order valence-electron chi connectivity index (χ0n) is 18.6. The quantitative estimate of drug-likeness (QED) is 0.382. The molecule has 1 saturated heterocycles. The lowest BCUT2D eigenvalue weighted by Gasteiger charge is -2.14. The highest BCUT2D eigenvalue weighted by molar-refractivity contribution is 7.99. The normalized spacial score (nSPS) is 15.2. The van der Waals surface area contributed by atoms with Crippen molar-refractivity contribution in [3.05, 3.63) is 60.0 Å². The first-order valence-corrected chi connectivity index (χ1v) is 12.5. The highest BCUT2D eigenvalue weighted by atomic mass is 32.2. The van der Waals surface area contributed by atoms with Gasteiger partial charge in [-0.3, -0.25) is 0 Å². The number of phenols is 1. The molecule has 32 heavy (non-hydrogen) atoms. The maximum atomic E-state index is 10.3. The number of unbranched alkanes of at least 4 members (excludes halogenated alkanes) is 1. The van der Waals surface area contributed by atoms with Crippen LogP contribution in [0.1, 0.15) is 49.3 Å². The third-order valence-electron chi connectivity index (χ3n) is 5.65. The Bertz CT molecular complexity index is 971. The molecule has 6 nitrogen and oxygen atoms in total. The molecular formula is C25H31N3O3S. The highest BCUT2D eigenvalue weighted by Gasteiger charge is 2.23. The number of aromatic hydroxyl groups is 1. The third-order valence-corrected chi connectivity index (χ3v) is 6.78. The summed E-state index contributed by atoms with van der Waals surface area (Å²) in [5.41, 5.74) is 1.63. The molecule has 3 aromatic rings. The number of hydrogen-bond donors (Lipinski definition) is 1. The molecule has 0 aliphatic carbocycles. The Kier molecular flexibility index (Phi) is 8.07. The summed E-state index contributed by atoms with van der Waals surface area (Å²) in [6.07, 6.45) is 4.93. The fourth-order valence-corrected chi connectivity index (χ4v) is 4.90. The summed E-state index contributed by atoms with van der Waals surface area (Å²) in [5.74, 6) is 2.91. The molecular weight excluding hydrogens is 422 g/mol. The smallest absolute Gasteiger partial charge is 0.247 e. The van der Waals surface area contributed by atoms with Crippen LogP contribution in [0.2, 0.25) is 0 Å². The van der Waals surface area contributed by atoms with Gasteiger partial charge in [0.15, 0.2) is 0 Å². The van der Waals surface area contributed by atoms with Crippen LogP contribution in [0.4, 0.5) is 0 Å². The number of likely N-dealkylation sites (tertiary alicyclic amines) is 1. The van der Waals surface area contributed by atoms with E-state index in [9.17, 15) is 5.11 Å². The minimum absolute atomic E-state index is 0.203. The lowest BCUT2D eigenvalue weighted by atomic mass is 10.1. The highest BCUT2D eigenvalue weighted by Crippen LogP contribution is 2.39. The van der Waals surface area contributed by atoms with Gasteiger partial charge in [-0.1, -0.05) is 25.1 Å². The van der Waals surface area contributed by atoms with E-state index in [0.29, 0.717) is 11.8 Å². The number of thioether (sulfide) groups is 1. The number of para-hydroxylation sites is 1. The molecule has 4 rings (SSSR count). The van der Waals surface area contributed by atoms with E-state index in [1.54, 1.807) is 17.8 Å². The number of phenolic OH excluding ortho intramolecular Hbond substituents is 1. The van der Waals surface area contributed by atoms with Gasteiger partial charge in [-0.25, -0.2) is 0 Å². The van der Waals surface area contributed by atoms with Crippen LogP contribution in [-0.2, 0) is 0 Å². The summed E-state index contributed by atoms with van der Waals surface area (Å²) in [7, 11) is 0. The van der Waals surface area contributed by atoms with Crippen molar-refractivity contribution in [1.82, 2.24) is 15.1 Å². The van der Waals surface area contributed by atoms with Crippen LogP contribution in [0.3, 0.4) is 0 Å². The van der Waals surface area contributed by atoms with E-state index in [1.807, 2.05) is 42.5 Å². The molecule has 1 fully saturated rings. The van der Waals surface area contributed by atoms with Gasteiger partial charge in [-0.2, -0.15) is 0 Å². The zero-order chi connectivity index (χ0) is 22.2. The lowest BCUT2D eigenvalue weighted by Crippen LogP contribution is -2.20. The average Bonchev–Trinajstić information content (AvgIpc) is 3.51. The number of ether oxygens (including phenoxy) is 1. The number of aromatic nitrogens is 2. The van der Waals surface area contributed by atoms with Crippen molar-refractivity contribution in [2.45, 2.75) is 37.9 Å². The summed E-state index contributed by atoms with van der Waals surface area (Å²) < 4.78 is 11.9. The van der Waals surface area contributed by atoms with Crippen LogP contribution in [0.5, 0.6) is 11.5 Å². The molecule has 170 valence electrons. The molecule has 2 heterocycles. The first-order chi connectivity index (χ1) is 15.7. The molecule has 2 aromatic carbocycles. The van der Waals surface area contributed by atoms with E-state index in [-0.39, 0.29) is 11.0 Å². The second-order valence-electron chi connectivity index (χ2n) is 7.97. The van der Waals surface area contributed by atoms with Crippen LogP contribution in [-0.4, -0.2) is 52.2 Å². The topological polar surface area (TPSA) is 71.6 Å². The fraction of sp³-hybridized carbons (Fsp3) is 0.440. The van der Waals surface area contributed by atoms with Crippen molar-refractivity contribution in [2.75, 3.05) is 32.0 Å². The van der Waals surface area contributed by atoms with E-state index >= 15 is 0 Å². The zero-order valence-corrected chi connectivity index (χ0v) is 19.4. The summed E-state index contributed by atoms with van der Waals surface area (Å²) in [4.78, 5) is 2.54. The van der Waals surface area contributed by atoms with Crippen LogP contribution < -0.4 is 4.74 Å². The molecule has 1 N–H and O–H groups in total. The van der Waals surface area contributed by atoms with E-state index in [1.165, 1.54) is 38.9 Å². The molecule has 0 amide bonds. The summed E-state index contributed by atoms with van der Waals surface area (Å²) in [6.45, 7) is 6.49. The van der Waals surface area contributed by atoms with Crippen LogP contribution in [0.25, 0.3) is 11.5 Å². The molecule has 1 aliphatic heterocycles. The van der Waals surface area contributed by atoms with E-state index in [0.717, 1.165) is 35.7 Å². The Morgan fingerprint density at radius 2 is 1.84 bits per heavy atom. The number of nitrogens with zero attached hydrogens (tertiary/aromatic N) is 3. The Morgan fingerprint density at radius 3 is 2.59 bits per heavy atom. The van der Waals surface area contributed by atoms with Gasteiger partial charge in [0.1, 0.15) is 16.7 Å². The van der Waals surface area contributed by atoms with Crippen molar-refractivity contribution in [2.24, 2.45) is 0 Å². The monoisotopic (exact) mass is 453 g/mol. The first-order valence-electron chi connectivity index (χ1n) is 11.4. The molecule has 1 aliphatic rings. The van der Waals surface area contributed by atoms with Crippen LogP contribution >= 0.6 is 11.8 Å². The van der Waals surface area contributed by atoms with Crippen molar-refractivity contribution in [1.29, 1.82) is 0 Å². The fourth-order valence-electron chi connectivity index (χ4n) is 3.95. The number of hydrogen-bond acceptors (Lipinski definition) is 7. The Balaban J connectivity index is 1.33. The van der Waals surface area contributed by atoms with E-state index in [2.05, 4.69) is 22.0 Å². The minimum Gasteiger partial charge on any atom is -0.508 e. The van der Waals surface area contributed by atoms with Crippen LogP contribution in [0.15, 0.2) is 52.9 Å². The summed E-state index contributed by atoms with van der Waals surface area (Å²) in [6, 6.07) is 15.1. The van der Waals surface area contributed by atoms with Gasteiger partial charge in [0.05, 0.1) is 6.61 Å². The summed E-state index contributed by atoms with van der Waals surface area (Å²) in [5, 5.41) is 18.6. The van der Waals surface area contributed by atoms with E-state index in [4.69, 9.17) is 9.15 Å². The maximum Gasteiger partial charge on any atom is 0.247 e. The summed E-state index contributed by atoms with van der Waals surface area (Å²) >= 11 is 1.65. The standard InChI is InChI=1S/C25H31N3O3S/c1-2-32-23(21-9-3-4-10-22(21)29)25-27-26-24(31-25)19-11-13-20(14-12-19)30-18-8-7-17-28-15-5-6-16-28/h3-4,9-14,23,29H,2,5-8,15-18H2,1H3. The molecule has 0 spiro atoms. The lowest BCUT2D eigenvalue weighted by molar-refractivity contribution is 0.280. The Hall–Kier alpha value is -2.51. The van der Waals surface area contributed by atoms with Crippen molar-refractivity contribution >= 4 is 11.8 Å². The second-order valence-corrected chi connectivity index (χ2v) is 9.35. The van der Waals surface area contributed by atoms with Gasteiger partial charge in [-0.05, 0) is 81.4 Å². The van der Waals surface area contributed by atoms with E-state index < -0.39 is 0 Å². The predicted octanol–water partition coefficient (Wildman–Crippen LogP) is 5.54. The van der Waals surface area contributed by atoms with Crippen LogP contribution in [0, 0.1) is 0 Å². The van der Waals surface area contributed by atoms with Gasteiger partial charge in [-0.15, -0.1) is 22.0 Å². The number of rotatable bonds is 11. The predicted molar refractivity (Wildman–Crippen MR) is 128 cm³/mol. The average molecular weight is 454 g/mol. The van der Waals surface area contributed by atoms with Gasteiger partial charge >= 0.3 is 0 Å².